The van der Waals surface area contributed by atoms with Crippen molar-refractivity contribution in [3.05, 3.63) is 128 Å². The second kappa shape index (κ2) is 15.9. The van der Waals surface area contributed by atoms with Crippen molar-refractivity contribution in [3.63, 3.8) is 0 Å². The lowest BCUT2D eigenvalue weighted by Gasteiger charge is -2.37. The summed E-state index contributed by atoms with van der Waals surface area (Å²) in [6, 6.07) is 11.9. The molecule has 3 atom stereocenters. The van der Waals surface area contributed by atoms with Crippen molar-refractivity contribution >= 4 is 16.8 Å². The molecule has 1 aliphatic carbocycles. The molecule has 3 unspecified atom stereocenters. The summed E-state index contributed by atoms with van der Waals surface area (Å²) >= 11 is 0. The zero-order valence-corrected chi connectivity index (χ0v) is 32.5. The second-order valence-electron chi connectivity index (χ2n) is 15.1. The number of Topliss-reactive ketones (excluding diaryl/α,β-unsaturated/α-hetero) is 1. The summed E-state index contributed by atoms with van der Waals surface area (Å²) in [7, 11) is 1.36. The fraction of sp³-hybridized carbons (Fsp3) is 0.261. The summed E-state index contributed by atoms with van der Waals surface area (Å²) in [5.41, 5.74) is 2.63. The van der Waals surface area contributed by atoms with Crippen LogP contribution >= 0.6 is 0 Å². The molecule has 0 spiro atoms. The quantitative estimate of drug-likeness (QED) is 0.0528. The molecule has 0 fully saturated rings. The maximum atomic E-state index is 15.2. The lowest BCUT2D eigenvalue weighted by Crippen LogP contribution is -2.32. The van der Waals surface area contributed by atoms with E-state index in [1.807, 2.05) is 40.7 Å². The number of aromatic hydroxyl groups is 7. The molecule has 296 valence electrons. The normalized spacial score (nSPS) is 16.5. The molecule has 1 aromatic heterocycles. The minimum Gasteiger partial charge on any atom is -0.508 e. The Labute approximate surface area is 329 Å². The smallest absolute Gasteiger partial charge is 0.200 e. The van der Waals surface area contributed by atoms with Gasteiger partial charge in [0.05, 0.1) is 18.2 Å². The Morgan fingerprint density at radius 1 is 0.789 bits per heavy atom. The van der Waals surface area contributed by atoms with Crippen LogP contribution in [0, 0.1) is 5.92 Å². The molecular formula is C46H46O11. The van der Waals surface area contributed by atoms with Gasteiger partial charge in [0.25, 0.3) is 0 Å². The Morgan fingerprint density at radius 2 is 1.42 bits per heavy atom. The van der Waals surface area contributed by atoms with Crippen LogP contribution < -0.4 is 10.2 Å². The number of rotatable bonds is 10. The molecular weight excluding hydrogens is 728 g/mol. The predicted octanol–water partition coefficient (Wildman–Crippen LogP) is 9.14. The Morgan fingerprint density at radius 3 is 2.04 bits per heavy atom. The molecule has 0 bridgehead atoms. The summed E-state index contributed by atoms with van der Waals surface area (Å²) in [6.45, 7) is 9.29. The van der Waals surface area contributed by atoms with Gasteiger partial charge in [-0.2, -0.15) is 0 Å². The topological polar surface area (TPSA) is 198 Å². The van der Waals surface area contributed by atoms with Crippen LogP contribution in [0.15, 0.2) is 98.8 Å². The Bertz CT molecular complexity index is 2560. The van der Waals surface area contributed by atoms with Crippen molar-refractivity contribution < 1.29 is 49.7 Å². The Balaban J connectivity index is 1.72. The van der Waals surface area contributed by atoms with E-state index in [9.17, 15) is 40.5 Å². The number of methoxy groups -OCH3 is 1. The van der Waals surface area contributed by atoms with E-state index in [0.717, 1.165) is 22.8 Å². The van der Waals surface area contributed by atoms with Crippen molar-refractivity contribution in [3.8, 4) is 57.3 Å². The highest BCUT2D eigenvalue weighted by Crippen LogP contribution is 2.54. The number of hydrogen-bond donors (Lipinski definition) is 7. The molecule has 5 aromatic rings. The first-order valence-corrected chi connectivity index (χ1v) is 18.5. The molecule has 0 saturated heterocycles. The van der Waals surface area contributed by atoms with E-state index < -0.39 is 40.5 Å². The molecule has 4 aromatic carbocycles. The lowest BCUT2D eigenvalue weighted by atomic mass is 9.65. The molecule has 0 radical (unpaired) electrons. The molecule has 7 N–H and O–H groups in total. The molecule has 0 amide bonds. The summed E-state index contributed by atoms with van der Waals surface area (Å²) in [6.07, 6.45) is 5.89. The van der Waals surface area contributed by atoms with Gasteiger partial charge in [-0.1, -0.05) is 41.0 Å². The summed E-state index contributed by atoms with van der Waals surface area (Å²) in [5, 5.41) is 76.3. The van der Waals surface area contributed by atoms with E-state index in [4.69, 9.17) is 9.15 Å². The third-order valence-electron chi connectivity index (χ3n) is 10.5. The fourth-order valence-electron chi connectivity index (χ4n) is 7.76. The van der Waals surface area contributed by atoms with Gasteiger partial charge < -0.3 is 44.9 Å². The standard InChI is InChI=1S/C46H46O11/c1-22(2)7-11-28-34(49)16-15-30(42(28)53)43(54)39-32(27-13-9-25(47)19-35(27)50)17-24(5)18-33(39)40-38(56-6)21-37(52)41-44(55)31(12-8-23(3)4)45(57-46(40)41)29-14-10-26(48)20-36(29)51/h7-10,13-16,18-21,32-33,39,47-53H,11-12,17H2,1-6H3. The minimum atomic E-state index is -1.15. The highest BCUT2D eigenvalue weighted by atomic mass is 16.5. The Hall–Kier alpha value is -6.62. The zero-order valence-electron chi connectivity index (χ0n) is 32.5. The average molecular weight is 775 g/mol. The number of phenols is 7. The number of hydrogen-bond acceptors (Lipinski definition) is 11. The van der Waals surface area contributed by atoms with Crippen LogP contribution in [0.25, 0.3) is 22.3 Å². The van der Waals surface area contributed by atoms with Gasteiger partial charge in [0.15, 0.2) is 5.78 Å². The third-order valence-corrected chi connectivity index (χ3v) is 10.5. The highest BCUT2D eigenvalue weighted by Gasteiger charge is 2.44. The van der Waals surface area contributed by atoms with Gasteiger partial charge in [-0.15, -0.1) is 0 Å². The van der Waals surface area contributed by atoms with Gasteiger partial charge in [0.2, 0.25) is 5.43 Å². The number of ether oxygens (including phenoxy) is 1. The number of carbonyl (C=O) groups is 1. The molecule has 11 nitrogen and oxygen atoms in total. The van der Waals surface area contributed by atoms with E-state index in [0.29, 0.717) is 5.56 Å². The highest BCUT2D eigenvalue weighted by molar-refractivity contribution is 6.03. The van der Waals surface area contributed by atoms with E-state index in [2.05, 4.69) is 0 Å². The number of benzene rings is 4. The average Bonchev–Trinajstić information content (AvgIpc) is 3.13. The van der Waals surface area contributed by atoms with Crippen molar-refractivity contribution in [2.75, 3.05) is 7.11 Å². The third kappa shape index (κ3) is 7.65. The molecule has 1 aliphatic rings. The summed E-state index contributed by atoms with van der Waals surface area (Å²) in [4.78, 5) is 29.9. The summed E-state index contributed by atoms with van der Waals surface area (Å²) < 4.78 is 12.5. The number of fused-ring (bicyclic) bond motifs is 1. The molecule has 0 aliphatic heterocycles. The summed E-state index contributed by atoms with van der Waals surface area (Å²) in [5.74, 6) is -5.64. The van der Waals surface area contributed by atoms with Gasteiger partial charge in [-0.3, -0.25) is 9.59 Å². The number of allylic oxidation sites excluding steroid dienone is 6. The van der Waals surface area contributed by atoms with E-state index in [1.54, 1.807) is 12.2 Å². The van der Waals surface area contributed by atoms with E-state index >= 15 is 4.79 Å². The SMILES string of the molecule is COc1cc(O)c2c(=O)c(CC=C(C)C)c(-c3ccc(O)cc3O)oc2c1C1C=C(C)CC(c2ccc(O)cc2O)C1C(=O)c1ccc(O)c(CC=C(C)C)c1O. The monoisotopic (exact) mass is 774 g/mol. The fourth-order valence-corrected chi connectivity index (χ4v) is 7.76. The van der Waals surface area contributed by atoms with Crippen LogP contribution in [-0.2, 0) is 12.8 Å². The first kappa shape index (κ1) is 40.1. The molecule has 11 heteroatoms. The van der Waals surface area contributed by atoms with Gasteiger partial charge in [0, 0.05) is 52.6 Å². The second-order valence-corrected chi connectivity index (χ2v) is 15.1. The van der Waals surface area contributed by atoms with Crippen molar-refractivity contribution in [1.29, 1.82) is 0 Å². The maximum Gasteiger partial charge on any atom is 0.200 e. The van der Waals surface area contributed by atoms with Gasteiger partial charge >= 0.3 is 0 Å². The van der Waals surface area contributed by atoms with Crippen LogP contribution in [0.5, 0.6) is 46.0 Å². The number of ketones is 1. The number of carbonyl (C=O) groups excluding carboxylic acids is 1. The van der Waals surface area contributed by atoms with Gasteiger partial charge in [-0.05, 0) is 89.8 Å². The van der Waals surface area contributed by atoms with Crippen LogP contribution in [0.3, 0.4) is 0 Å². The van der Waals surface area contributed by atoms with Crippen LogP contribution in [0.1, 0.15) is 85.5 Å². The predicted molar refractivity (Wildman–Crippen MR) is 217 cm³/mol. The van der Waals surface area contributed by atoms with Gasteiger partial charge in [-0.25, -0.2) is 0 Å². The number of phenolic OH excluding ortho intramolecular Hbond substituents is 7. The molecule has 0 saturated carbocycles. The van der Waals surface area contributed by atoms with Crippen molar-refractivity contribution in [2.24, 2.45) is 5.92 Å². The van der Waals surface area contributed by atoms with E-state index in [1.165, 1.54) is 55.6 Å². The van der Waals surface area contributed by atoms with E-state index in [-0.39, 0.29) is 98.3 Å². The van der Waals surface area contributed by atoms with Crippen molar-refractivity contribution in [1.82, 2.24) is 0 Å². The lowest BCUT2D eigenvalue weighted by molar-refractivity contribution is 0.0877. The van der Waals surface area contributed by atoms with Crippen LogP contribution in [0.4, 0.5) is 0 Å². The largest absolute Gasteiger partial charge is 0.508 e. The molecule has 6 rings (SSSR count). The van der Waals surface area contributed by atoms with Crippen LogP contribution in [-0.4, -0.2) is 48.6 Å². The van der Waals surface area contributed by atoms with Crippen molar-refractivity contribution in [2.45, 2.75) is 65.7 Å². The first-order valence-electron chi connectivity index (χ1n) is 18.5. The zero-order chi connectivity index (χ0) is 41.5. The molecule has 57 heavy (non-hydrogen) atoms. The maximum absolute atomic E-state index is 15.2. The van der Waals surface area contributed by atoms with Crippen LogP contribution in [0.2, 0.25) is 0 Å². The molecule has 1 heterocycles. The first-order chi connectivity index (χ1) is 27.0. The Kier molecular flexibility index (Phi) is 11.1. The van der Waals surface area contributed by atoms with Gasteiger partial charge in [0.1, 0.15) is 62.7 Å². The minimum absolute atomic E-state index is 0.0383.